The van der Waals surface area contributed by atoms with E-state index in [1.807, 2.05) is 48.5 Å². The van der Waals surface area contributed by atoms with Crippen LogP contribution in [-0.4, -0.2) is 46.3 Å². The van der Waals surface area contributed by atoms with Crippen molar-refractivity contribution in [2.75, 3.05) is 5.73 Å². The van der Waals surface area contributed by atoms with Gasteiger partial charge in [-0.1, -0.05) is 59.6 Å². The average molecular weight is 559 g/mol. The van der Waals surface area contributed by atoms with E-state index in [-0.39, 0.29) is 5.91 Å². The molecule has 6 aromatic rings. The normalized spacial score (nSPS) is 12.1. The van der Waals surface area contributed by atoms with Crippen molar-refractivity contribution in [3.63, 3.8) is 0 Å². The molecule has 0 unspecified atom stereocenters. The van der Waals surface area contributed by atoms with Crippen LogP contribution in [0.3, 0.4) is 0 Å². The quantitative estimate of drug-likeness (QED) is 0.224. The fraction of sp³-hybridized carbons (Fsp3) is 0.0769. The van der Waals surface area contributed by atoms with Gasteiger partial charge in [-0.25, -0.2) is 4.98 Å². The number of imidazole rings is 1. The molecule has 1 atom stereocenters. The molecule has 3 heterocycles. The third-order valence-electron chi connectivity index (χ3n) is 6.26. The summed E-state index contributed by atoms with van der Waals surface area (Å²) in [7, 11) is 0. The highest BCUT2D eigenvalue weighted by molar-refractivity contribution is 6.32. The van der Waals surface area contributed by atoms with Gasteiger partial charge in [0.2, 0.25) is 0 Å². The molecule has 0 aliphatic heterocycles. The lowest BCUT2D eigenvalue weighted by Gasteiger charge is -2.18. The molecule has 0 saturated heterocycles. The smallest absolute Gasteiger partial charge is 0.254 e. The Labute approximate surface area is 231 Å². The van der Waals surface area contributed by atoms with Crippen LogP contribution in [0.2, 0.25) is 10.2 Å². The largest absolute Gasteiger partial charge is 0.382 e. The minimum absolute atomic E-state index is 0.299. The molecule has 3 aromatic carbocycles. The van der Waals surface area contributed by atoms with Crippen molar-refractivity contribution in [3.05, 3.63) is 100 Å². The molecule has 0 saturated carbocycles. The molecule has 0 aliphatic rings. The lowest BCUT2D eigenvalue weighted by Crippen LogP contribution is -2.31. The summed E-state index contributed by atoms with van der Waals surface area (Å²) < 4.78 is 1.40. The number of hydrogen-bond acceptors (Lipinski definition) is 7. The summed E-state index contributed by atoms with van der Waals surface area (Å²) in [6.07, 6.45) is 1.86. The Morgan fingerprint density at radius 1 is 1.08 bits per heavy atom. The average Bonchev–Trinajstić information content (AvgIpc) is 3.69. The minimum Gasteiger partial charge on any atom is -0.382 e. The number of rotatable bonds is 7. The number of fused-ring (bicyclic) bond motifs is 1. The molecule has 11 nitrogen and oxygen atoms in total. The van der Waals surface area contributed by atoms with Crippen LogP contribution in [0.1, 0.15) is 27.8 Å². The Hall–Kier alpha value is -4.74. The first-order valence-electron chi connectivity index (χ1n) is 11.8. The molecule has 194 valence electrons. The molecule has 0 fully saturated rings. The topological polar surface area (TPSA) is 156 Å². The van der Waals surface area contributed by atoms with E-state index in [0.29, 0.717) is 45.2 Å². The standard InChI is InChI=1S/C26H20Cl2N10O/c27-16-7-9-21(38-13-30-36-37-38)18(12-16)26(39)31-20(10-14-4-2-1-3-5-14)25-32-22(23(28)33-25)15-6-8-17-19(11-15)34-35-24(17)29/h1-9,11-13,20H,10H2,(H,31,39)(H,32,33)(H3,29,34,35)/t20-/m0/s1. The number of halogens is 2. The highest BCUT2D eigenvalue weighted by Crippen LogP contribution is 2.31. The molecule has 5 N–H and O–H groups in total. The Morgan fingerprint density at radius 3 is 2.72 bits per heavy atom. The molecular formula is C26H20Cl2N10O. The number of hydrogen-bond donors (Lipinski definition) is 4. The van der Waals surface area contributed by atoms with Crippen LogP contribution in [0.5, 0.6) is 0 Å². The van der Waals surface area contributed by atoms with Crippen LogP contribution in [0.4, 0.5) is 5.82 Å². The highest BCUT2D eigenvalue weighted by Gasteiger charge is 2.24. The number of aromatic nitrogens is 8. The van der Waals surface area contributed by atoms with Crippen molar-refractivity contribution in [3.8, 4) is 16.9 Å². The SMILES string of the molecule is Nc1n[nH]c2cc(-c3nc([C@H](Cc4ccccc4)NC(=O)c4cc(Cl)ccc4-n4cnnn4)[nH]c3Cl)ccc12. The number of carbonyl (C=O) groups excluding carboxylic acids is 1. The number of nitrogens with two attached hydrogens (primary N) is 1. The van der Waals surface area contributed by atoms with Gasteiger partial charge < -0.3 is 16.0 Å². The van der Waals surface area contributed by atoms with E-state index in [1.54, 1.807) is 18.2 Å². The van der Waals surface area contributed by atoms with Crippen molar-refractivity contribution >= 4 is 45.8 Å². The number of tetrazole rings is 1. The number of benzene rings is 3. The van der Waals surface area contributed by atoms with E-state index >= 15 is 0 Å². The molecule has 3 aromatic heterocycles. The van der Waals surface area contributed by atoms with E-state index in [2.05, 4.69) is 36.0 Å². The fourth-order valence-corrected chi connectivity index (χ4v) is 4.80. The summed E-state index contributed by atoms with van der Waals surface area (Å²) in [5, 5.41) is 22.8. The summed E-state index contributed by atoms with van der Waals surface area (Å²) >= 11 is 12.9. The number of nitrogens with one attached hydrogen (secondary N) is 3. The number of nitrogen functional groups attached to an aromatic ring is 1. The first-order chi connectivity index (χ1) is 19.0. The molecule has 0 bridgehead atoms. The van der Waals surface area contributed by atoms with Gasteiger partial charge in [-0.05, 0) is 52.7 Å². The third-order valence-corrected chi connectivity index (χ3v) is 6.77. The fourth-order valence-electron chi connectivity index (χ4n) is 4.38. The molecule has 39 heavy (non-hydrogen) atoms. The first-order valence-corrected chi connectivity index (χ1v) is 12.6. The maximum absolute atomic E-state index is 13.6. The molecule has 0 radical (unpaired) electrons. The summed E-state index contributed by atoms with van der Waals surface area (Å²) in [4.78, 5) is 21.6. The van der Waals surface area contributed by atoms with Gasteiger partial charge in [0, 0.05) is 16.0 Å². The number of carbonyl (C=O) groups is 1. The van der Waals surface area contributed by atoms with Crippen LogP contribution in [-0.2, 0) is 6.42 Å². The zero-order valence-electron chi connectivity index (χ0n) is 20.1. The summed E-state index contributed by atoms with van der Waals surface area (Å²) in [6.45, 7) is 0. The lowest BCUT2D eigenvalue weighted by molar-refractivity contribution is 0.0934. The van der Waals surface area contributed by atoms with Crippen molar-refractivity contribution in [2.24, 2.45) is 0 Å². The van der Waals surface area contributed by atoms with Gasteiger partial charge in [0.05, 0.1) is 22.8 Å². The van der Waals surface area contributed by atoms with Gasteiger partial charge in [0.25, 0.3) is 5.91 Å². The van der Waals surface area contributed by atoms with Crippen molar-refractivity contribution in [1.82, 2.24) is 45.7 Å². The van der Waals surface area contributed by atoms with Crippen LogP contribution in [0.25, 0.3) is 27.8 Å². The Kier molecular flexibility index (Phi) is 6.43. The van der Waals surface area contributed by atoms with Gasteiger partial charge in [0.15, 0.2) is 5.82 Å². The van der Waals surface area contributed by atoms with Crippen molar-refractivity contribution in [2.45, 2.75) is 12.5 Å². The van der Waals surface area contributed by atoms with E-state index in [4.69, 9.17) is 33.9 Å². The Bertz CT molecular complexity index is 1780. The Morgan fingerprint density at radius 2 is 1.92 bits per heavy atom. The molecule has 0 aliphatic carbocycles. The molecule has 13 heteroatoms. The summed E-state index contributed by atoms with van der Waals surface area (Å²) in [6, 6.07) is 19.7. The minimum atomic E-state index is -0.557. The number of aromatic amines is 2. The third kappa shape index (κ3) is 4.92. The number of anilines is 1. The number of amides is 1. The molecule has 6 rings (SSSR count). The lowest BCUT2D eigenvalue weighted by atomic mass is 10.0. The second-order valence-electron chi connectivity index (χ2n) is 8.79. The van der Waals surface area contributed by atoms with Crippen molar-refractivity contribution < 1.29 is 4.79 Å². The monoisotopic (exact) mass is 558 g/mol. The highest BCUT2D eigenvalue weighted by atomic mass is 35.5. The van der Waals surface area contributed by atoms with E-state index in [9.17, 15) is 4.79 Å². The van der Waals surface area contributed by atoms with Crippen LogP contribution < -0.4 is 11.1 Å². The summed E-state index contributed by atoms with van der Waals surface area (Å²) in [5.74, 6) is 0.521. The second kappa shape index (κ2) is 10.2. The predicted octanol–water partition coefficient (Wildman–Crippen LogP) is 4.53. The maximum atomic E-state index is 13.6. The Balaban J connectivity index is 1.37. The van der Waals surface area contributed by atoms with Gasteiger partial charge in [0.1, 0.15) is 23.0 Å². The van der Waals surface area contributed by atoms with Crippen LogP contribution in [0, 0.1) is 0 Å². The van der Waals surface area contributed by atoms with Crippen LogP contribution in [0.15, 0.2) is 73.1 Å². The maximum Gasteiger partial charge on any atom is 0.254 e. The predicted molar refractivity (Wildman–Crippen MR) is 148 cm³/mol. The van der Waals surface area contributed by atoms with Gasteiger partial charge in [-0.2, -0.15) is 9.78 Å². The zero-order chi connectivity index (χ0) is 26.9. The zero-order valence-corrected chi connectivity index (χ0v) is 21.6. The van der Waals surface area contributed by atoms with E-state index < -0.39 is 6.04 Å². The second-order valence-corrected chi connectivity index (χ2v) is 9.60. The van der Waals surface area contributed by atoms with Gasteiger partial charge in [-0.3, -0.25) is 9.89 Å². The van der Waals surface area contributed by atoms with Crippen LogP contribution >= 0.6 is 23.2 Å². The number of H-pyrrole nitrogens is 2. The molecule has 0 spiro atoms. The molecular weight excluding hydrogens is 539 g/mol. The van der Waals surface area contributed by atoms with Crippen molar-refractivity contribution in [1.29, 1.82) is 0 Å². The van der Waals surface area contributed by atoms with Gasteiger partial charge in [-0.15, -0.1) is 5.10 Å². The van der Waals surface area contributed by atoms with E-state index in [1.165, 1.54) is 11.0 Å². The van der Waals surface area contributed by atoms with E-state index in [0.717, 1.165) is 22.0 Å². The molecule has 1 amide bonds. The van der Waals surface area contributed by atoms with Gasteiger partial charge >= 0.3 is 0 Å². The number of nitrogens with zero attached hydrogens (tertiary/aromatic N) is 6. The first kappa shape index (κ1) is 24.6. The summed E-state index contributed by atoms with van der Waals surface area (Å²) in [5.41, 5.74) is 9.74.